The lowest BCUT2D eigenvalue weighted by Gasteiger charge is -2.40. The third-order valence-electron chi connectivity index (χ3n) is 12.5. The molecule has 8 unspecified atom stereocenters. The predicted molar refractivity (Wildman–Crippen MR) is 264 cm³/mol. The van der Waals surface area contributed by atoms with E-state index in [4.69, 9.17) is 9.47 Å². The number of carbonyl (C=O) groups excluding carboxylic acids is 1. The summed E-state index contributed by atoms with van der Waals surface area (Å²) in [6.07, 6.45) is 46.4. The van der Waals surface area contributed by atoms with Crippen LogP contribution in [0.1, 0.15) is 226 Å². The number of unbranched alkanes of at least 4 members (excludes halogenated alkanes) is 27. The van der Waals surface area contributed by atoms with Gasteiger partial charge in [0, 0.05) is 0 Å². The van der Waals surface area contributed by atoms with E-state index < -0.39 is 61.5 Å². The number of allylic oxidation sites excluding steroid dienone is 7. The summed E-state index contributed by atoms with van der Waals surface area (Å²) in [5, 5.41) is 64.8. The average molecular weight is 906 g/mol. The molecule has 0 aromatic carbocycles. The molecule has 0 saturated carbocycles. The van der Waals surface area contributed by atoms with Gasteiger partial charge in [0.05, 0.1) is 25.4 Å². The monoisotopic (exact) mass is 906 g/mol. The van der Waals surface area contributed by atoms with Crippen molar-refractivity contribution < 1.29 is 44.9 Å². The molecule has 0 radical (unpaired) electrons. The van der Waals surface area contributed by atoms with Crippen molar-refractivity contribution in [2.45, 2.75) is 275 Å². The first kappa shape index (κ1) is 60.1. The lowest BCUT2D eigenvalue weighted by molar-refractivity contribution is -0.302. The topological polar surface area (TPSA) is 169 Å². The Kier molecular flexibility index (Phi) is 41.0. The molecule has 374 valence electrons. The fourth-order valence-corrected chi connectivity index (χ4v) is 8.13. The minimum absolute atomic E-state index is 0.298. The fourth-order valence-electron chi connectivity index (χ4n) is 8.13. The van der Waals surface area contributed by atoms with Crippen LogP contribution >= 0.6 is 0 Å². The van der Waals surface area contributed by atoms with Gasteiger partial charge in [-0.05, 0) is 70.6 Å². The van der Waals surface area contributed by atoms with E-state index in [-0.39, 0.29) is 6.61 Å². The second-order valence-corrected chi connectivity index (χ2v) is 18.4. The summed E-state index contributed by atoms with van der Waals surface area (Å²) in [5.74, 6) is -0.632. The maximum absolute atomic E-state index is 13.1. The van der Waals surface area contributed by atoms with Crippen LogP contribution in [-0.2, 0) is 14.3 Å². The molecule has 0 aromatic rings. The van der Waals surface area contributed by atoms with Crippen LogP contribution in [0.3, 0.4) is 0 Å². The highest BCUT2D eigenvalue weighted by atomic mass is 16.7. The van der Waals surface area contributed by atoms with E-state index in [1.54, 1.807) is 6.08 Å². The molecule has 7 N–H and O–H groups in total. The molecule has 1 saturated heterocycles. The summed E-state index contributed by atoms with van der Waals surface area (Å²) in [6, 6.07) is -1.00. The molecular formula is C54H99NO9. The van der Waals surface area contributed by atoms with Crippen LogP contribution in [0.5, 0.6) is 0 Å². The summed E-state index contributed by atoms with van der Waals surface area (Å²) in [7, 11) is 0. The molecule has 8 atom stereocenters. The van der Waals surface area contributed by atoms with Gasteiger partial charge in [-0.25, -0.2) is 0 Å². The summed E-state index contributed by atoms with van der Waals surface area (Å²) in [4.78, 5) is 13.1. The van der Waals surface area contributed by atoms with E-state index in [9.17, 15) is 35.4 Å². The number of nitrogens with one attached hydrogen (secondary N) is 1. The first-order valence-corrected chi connectivity index (χ1v) is 26.5. The second-order valence-electron chi connectivity index (χ2n) is 18.4. The Morgan fingerprint density at radius 1 is 0.531 bits per heavy atom. The molecular weight excluding hydrogens is 807 g/mol. The normalized spacial score (nSPS) is 20.9. The van der Waals surface area contributed by atoms with Crippen molar-refractivity contribution in [3.63, 3.8) is 0 Å². The van der Waals surface area contributed by atoms with Crippen LogP contribution in [0, 0.1) is 0 Å². The largest absolute Gasteiger partial charge is 0.394 e. The third-order valence-corrected chi connectivity index (χ3v) is 12.5. The molecule has 10 heteroatoms. The quantitative estimate of drug-likeness (QED) is 0.0232. The van der Waals surface area contributed by atoms with Gasteiger partial charge >= 0.3 is 0 Å². The lowest BCUT2D eigenvalue weighted by atomic mass is 9.99. The van der Waals surface area contributed by atoms with E-state index in [0.717, 1.165) is 44.9 Å². The van der Waals surface area contributed by atoms with Crippen molar-refractivity contribution in [2.75, 3.05) is 13.2 Å². The van der Waals surface area contributed by atoms with Crippen LogP contribution in [-0.4, -0.2) is 98.7 Å². The number of hydrogen-bond acceptors (Lipinski definition) is 9. The van der Waals surface area contributed by atoms with Crippen molar-refractivity contribution in [1.82, 2.24) is 5.32 Å². The van der Waals surface area contributed by atoms with Crippen LogP contribution in [0.15, 0.2) is 48.6 Å². The summed E-state index contributed by atoms with van der Waals surface area (Å²) >= 11 is 0. The van der Waals surface area contributed by atoms with Crippen LogP contribution in [0.2, 0.25) is 0 Å². The molecule has 64 heavy (non-hydrogen) atoms. The molecule has 0 bridgehead atoms. The number of aliphatic hydroxyl groups is 6. The third kappa shape index (κ3) is 32.7. The number of carbonyl (C=O) groups is 1. The van der Waals surface area contributed by atoms with Crippen molar-refractivity contribution in [1.29, 1.82) is 0 Å². The lowest BCUT2D eigenvalue weighted by Crippen LogP contribution is -2.60. The van der Waals surface area contributed by atoms with E-state index >= 15 is 0 Å². The van der Waals surface area contributed by atoms with Crippen molar-refractivity contribution >= 4 is 5.91 Å². The molecule has 1 aliphatic heterocycles. The summed E-state index contributed by atoms with van der Waals surface area (Å²) in [6.45, 7) is 3.57. The van der Waals surface area contributed by atoms with E-state index in [1.807, 2.05) is 6.08 Å². The number of aliphatic hydroxyl groups excluding tert-OH is 6. The zero-order chi connectivity index (χ0) is 46.7. The smallest absolute Gasteiger partial charge is 0.249 e. The van der Waals surface area contributed by atoms with Gasteiger partial charge in [0.15, 0.2) is 6.29 Å². The molecule has 0 aliphatic carbocycles. The molecule has 0 spiro atoms. The molecule has 1 aliphatic rings. The molecule has 1 amide bonds. The number of amides is 1. The van der Waals surface area contributed by atoms with Crippen LogP contribution in [0.4, 0.5) is 0 Å². The van der Waals surface area contributed by atoms with Crippen LogP contribution < -0.4 is 5.32 Å². The van der Waals surface area contributed by atoms with E-state index in [2.05, 4.69) is 55.6 Å². The highest BCUT2D eigenvalue weighted by Gasteiger charge is 2.44. The van der Waals surface area contributed by atoms with Gasteiger partial charge in [-0.3, -0.25) is 4.79 Å². The maximum atomic E-state index is 13.1. The minimum atomic E-state index is -1.62. The van der Waals surface area contributed by atoms with Crippen molar-refractivity contribution in [3.05, 3.63) is 48.6 Å². The molecule has 1 fully saturated rings. The van der Waals surface area contributed by atoms with Crippen molar-refractivity contribution in [2.24, 2.45) is 0 Å². The molecule has 1 rings (SSSR count). The standard InChI is InChI=1S/C54H99NO9/c1-3-5-7-9-11-13-15-17-19-20-21-22-23-24-25-26-27-28-29-31-33-35-37-39-41-43-48(58)53(62)55-46(45-63-54-52(61)51(60)50(59)49(44-56)64-54)47(57)42-40-38-36-34-32-30-18-16-14-12-10-8-6-4-2/h14,16,24-25,32,34,40,42,46-52,54,56-61H,3-13,15,17-23,26-31,33,35-39,41,43-45H2,1-2H3,(H,55,62)/b16-14+,25-24-,34-32+,42-40+. The molecule has 0 aromatic heterocycles. The Labute approximate surface area is 391 Å². The number of hydrogen-bond donors (Lipinski definition) is 7. The minimum Gasteiger partial charge on any atom is -0.394 e. The van der Waals surface area contributed by atoms with Gasteiger partial charge in [-0.2, -0.15) is 0 Å². The number of ether oxygens (including phenoxy) is 2. The highest BCUT2D eigenvalue weighted by molar-refractivity contribution is 5.80. The average Bonchev–Trinajstić information content (AvgIpc) is 3.29. The highest BCUT2D eigenvalue weighted by Crippen LogP contribution is 2.23. The van der Waals surface area contributed by atoms with Gasteiger partial charge in [-0.1, -0.05) is 204 Å². The Hall–Kier alpha value is -1.89. The first-order valence-electron chi connectivity index (χ1n) is 26.5. The first-order chi connectivity index (χ1) is 31.3. The zero-order valence-corrected chi connectivity index (χ0v) is 40.9. The van der Waals surface area contributed by atoms with Gasteiger partial charge in [-0.15, -0.1) is 0 Å². The van der Waals surface area contributed by atoms with Gasteiger partial charge in [0.25, 0.3) is 0 Å². The fraction of sp³-hybridized carbons (Fsp3) is 0.833. The van der Waals surface area contributed by atoms with E-state index in [0.29, 0.717) is 19.3 Å². The predicted octanol–water partition coefficient (Wildman–Crippen LogP) is 11.1. The molecule has 10 nitrogen and oxygen atoms in total. The Morgan fingerprint density at radius 3 is 1.38 bits per heavy atom. The zero-order valence-electron chi connectivity index (χ0n) is 40.9. The summed E-state index contributed by atoms with van der Waals surface area (Å²) in [5.41, 5.74) is 0. The van der Waals surface area contributed by atoms with Gasteiger partial charge < -0.3 is 45.4 Å². The van der Waals surface area contributed by atoms with Crippen molar-refractivity contribution in [3.8, 4) is 0 Å². The Bertz CT molecular complexity index is 1160. The second kappa shape index (κ2) is 43.7. The Balaban J connectivity index is 2.30. The van der Waals surface area contributed by atoms with Crippen LogP contribution in [0.25, 0.3) is 0 Å². The Morgan fingerprint density at radius 2 is 0.922 bits per heavy atom. The maximum Gasteiger partial charge on any atom is 0.249 e. The number of rotatable bonds is 44. The summed E-state index contributed by atoms with van der Waals surface area (Å²) < 4.78 is 11.1. The molecule has 1 heterocycles. The SMILES string of the molecule is CCCCCC/C=C/CC/C=C/CC/C=C/C(O)C(COC1OC(CO)C(O)C(O)C1O)NC(=O)C(O)CCCCCCCCCCC/C=C\CCCCCCCCCCCCCC. The van der Waals surface area contributed by atoms with Gasteiger partial charge in [0.1, 0.15) is 30.5 Å². The van der Waals surface area contributed by atoms with Gasteiger partial charge in [0.2, 0.25) is 5.91 Å². The van der Waals surface area contributed by atoms with E-state index in [1.165, 1.54) is 148 Å².